The van der Waals surface area contributed by atoms with Crippen molar-refractivity contribution in [3.63, 3.8) is 0 Å². The highest BCUT2D eigenvalue weighted by atomic mass is 32.1. The van der Waals surface area contributed by atoms with Gasteiger partial charge in [-0.1, -0.05) is 0 Å². The number of hydrogen-bond acceptors (Lipinski definition) is 6. The van der Waals surface area contributed by atoms with Crippen LogP contribution in [0.5, 0.6) is 0 Å². The molecule has 0 bridgehead atoms. The third-order valence-electron chi connectivity index (χ3n) is 3.62. The van der Waals surface area contributed by atoms with Crippen molar-refractivity contribution in [1.29, 1.82) is 0 Å². The van der Waals surface area contributed by atoms with E-state index in [1.54, 1.807) is 18.6 Å². The maximum Gasteiger partial charge on any atom is 0.184 e. The van der Waals surface area contributed by atoms with E-state index < -0.39 is 0 Å². The third kappa shape index (κ3) is 1.89. The van der Waals surface area contributed by atoms with Gasteiger partial charge in [0.05, 0.1) is 11.2 Å². The number of rotatable bonds is 1. The molecule has 0 saturated carbocycles. The Morgan fingerprint density at radius 3 is 2.55 bits per heavy atom. The van der Waals surface area contributed by atoms with Crippen molar-refractivity contribution in [3.8, 4) is 11.3 Å². The lowest BCUT2D eigenvalue weighted by Gasteiger charge is -2.02. The van der Waals surface area contributed by atoms with Crippen molar-refractivity contribution in [2.24, 2.45) is 0 Å². The summed E-state index contributed by atoms with van der Waals surface area (Å²) in [5, 5.41) is 2.07. The molecule has 0 aliphatic heterocycles. The molecular weight excluding hydrogens is 314 g/mol. The second kappa shape index (κ2) is 4.96. The predicted molar refractivity (Wildman–Crippen MR) is 90.8 cm³/mol. The minimum Gasteiger partial charge on any atom is -0.272 e. The highest BCUT2D eigenvalue weighted by Gasteiger charge is 2.18. The van der Waals surface area contributed by atoms with Crippen molar-refractivity contribution >= 4 is 41.8 Å². The fourth-order valence-electron chi connectivity index (χ4n) is 2.72. The van der Waals surface area contributed by atoms with Crippen LogP contribution in [-0.2, 0) is 0 Å². The summed E-state index contributed by atoms with van der Waals surface area (Å²) < 4.78 is 1.93. The van der Waals surface area contributed by atoms with Crippen LogP contribution in [0.4, 0.5) is 0 Å². The SMILES string of the molecule is Cc1ccnc2c1c(-c1ccnc(S)n1)c1ccnc(S)n12. The molecule has 0 radical (unpaired) electrons. The molecule has 4 heterocycles. The third-order valence-corrected chi connectivity index (χ3v) is 4.15. The minimum absolute atomic E-state index is 0.437. The van der Waals surface area contributed by atoms with Crippen molar-refractivity contribution < 1.29 is 0 Å². The fourth-order valence-corrected chi connectivity index (χ4v) is 3.16. The van der Waals surface area contributed by atoms with Gasteiger partial charge >= 0.3 is 0 Å². The van der Waals surface area contributed by atoms with Gasteiger partial charge in [0, 0.05) is 29.5 Å². The van der Waals surface area contributed by atoms with E-state index in [1.165, 1.54) is 0 Å². The van der Waals surface area contributed by atoms with E-state index in [2.05, 4.69) is 52.1 Å². The number of nitrogens with zero attached hydrogens (tertiary/aromatic N) is 5. The lowest BCUT2D eigenvalue weighted by Crippen LogP contribution is -1.92. The van der Waals surface area contributed by atoms with Crippen molar-refractivity contribution in [3.05, 3.63) is 42.4 Å². The second-order valence-corrected chi connectivity index (χ2v) is 5.71. The zero-order valence-corrected chi connectivity index (χ0v) is 13.4. The number of thiol groups is 2. The molecular formula is C15H11N5S2. The summed E-state index contributed by atoms with van der Waals surface area (Å²) in [6, 6.07) is 5.80. The Bertz CT molecular complexity index is 1030. The van der Waals surface area contributed by atoms with Crippen molar-refractivity contribution in [1.82, 2.24) is 24.3 Å². The minimum atomic E-state index is 0.437. The smallest absolute Gasteiger partial charge is 0.184 e. The Labute approximate surface area is 137 Å². The van der Waals surface area contributed by atoms with Gasteiger partial charge in [0.2, 0.25) is 0 Å². The van der Waals surface area contributed by atoms with E-state index >= 15 is 0 Å². The summed E-state index contributed by atoms with van der Waals surface area (Å²) in [4.78, 5) is 17.3. The summed E-state index contributed by atoms with van der Waals surface area (Å²) in [5.41, 5.74) is 4.71. The molecule has 4 rings (SSSR count). The Morgan fingerprint density at radius 1 is 0.955 bits per heavy atom. The molecule has 0 amide bonds. The van der Waals surface area contributed by atoms with E-state index in [9.17, 15) is 0 Å². The topological polar surface area (TPSA) is 56.0 Å². The first-order valence-corrected chi connectivity index (χ1v) is 7.52. The van der Waals surface area contributed by atoms with Gasteiger partial charge in [0.1, 0.15) is 5.65 Å². The lowest BCUT2D eigenvalue weighted by molar-refractivity contribution is 0.926. The summed E-state index contributed by atoms with van der Waals surface area (Å²) in [7, 11) is 0. The highest BCUT2D eigenvalue weighted by Crippen LogP contribution is 2.36. The number of aryl methyl sites for hydroxylation is 1. The summed E-state index contributed by atoms with van der Waals surface area (Å²) >= 11 is 8.72. The normalized spacial score (nSPS) is 11.4. The van der Waals surface area contributed by atoms with Crippen LogP contribution in [0.25, 0.3) is 27.8 Å². The Balaban J connectivity index is 2.27. The average Bonchev–Trinajstić information content (AvgIpc) is 2.84. The molecule has 0 atom stereocenters. The molecule has 5 nitrogen and oxygen atoms in total. The molecule has 0 spiro atoms. The van der Waals surface area contributed by atoms with Crippen molar-refractivity contribution in [2.75, 3.05) is 0 Å². The van der Waals surface area contributed by atoms with E-state index in [-0.39, 0.29) is 0 Å². The molecule has 7 heteroatoms. The monoisotopic (exact) mass is 325 g/mol. The molecule has 22 heavy (non-hydrogen) atoms. The molecule has 0 N–H and O–H groups in total. The molecule has 4 aromatic heterocycles. The Morgan fingerprint density at radius 2 is 1.73 bits per heavy atom. The molecule has 0 aliphatic rings. The van der Waals surface area contributed by atoms with Crippen molar-refractivity contribution in [2.45, 2.75) is 17.2 Å². The molecule has 0 aromatic carbocycles. The summed E-state index contributed by atoms with van der Waals surface area (Å²) in [5.74, 6) is 0. The van der Waals surface area contributed by atoms with E-state index in [4.69, 9.17) is 0 Å². The molecule has 108 valence electrons. The number of aromatic nitrogens is 5. The standard InChI is InChI=1S/C15H11N5S2/c1-8-2-5-16-13-11(8)12(9-3-6-17-14(21)19-9)10-4-7-18-15(22)20(10)13/h2-7H,1H3,(H,18,22)(H,17,19,21). The van der Waals surface area contributed by atoms with Crippen LogP contribution in [0.15, 0.2) is 47.1 Å². The van der Waals surface area contributed by atoms with Gasteiger partial charge < -0.3 is 0 Å². The van der Waals surface area contributed by atoms with Crippen LogP contribution in [0.3, 0.4) is 0 Å². The zero-order chi connectivity index (χ0) is 15.3. The Kier molecular flexibility index (Phi) is 3.05. The van der Waals surface area contributed by atoms with Gasteiger partial charge in [0.25, 0.3) is 0 Å². The maximum atomic E-state index is 4.51. The molecule has 4 aromatic rings. The quantitative estimate of drug-likeness (QED) is 0.417. The lowest BCUT2D eigenvalue weighted by atomic mass is 10.1. The van der Waals surface area contributed by atoms with Gasteiger partial charge in [-0.15, -0.1) is 25.3 Å². The number of hydrogen-bond donors (Lipinski definition) is 2. The highest BCUT2D eigenvalue weighted by molar-refractivity contribution is 7.80. The fraction of sp³-hybridized carbons (Fsp3) is 0.0667. The first kappa shape index (κ1) is 13.5. The van der Waals surface area contributed by atoms with Crippen LogP contribution >= 0.6 is 25.3 Å². The maximum absolute atomic E-state index is 4.51. The molecule has 0 aliphatic carbocycles. The Hall–Kier alpha value is -2.12. The number of pyridine rings is 1. The first-order chi connectivity index (χ1) is 10.7. The van der Waals surface area contributed by atoms with Gasteiger partial charge in [-0.25, -0.2) is 19.9 Å². The predicted octanol–water partition coefficient (Wildman–Crippen LogP) is 3.23. The average molecular weight is 325 g/mol. The van der Waals surface area contributed by atoms with Crippen LogP contribution in [-0.4, -0.2) is 24.3 Å². The summed E-state index contributed by atoms with van der Waals surface area (Å²) in [6.07, 6.45) is 5.23. The van der Waals surface area contributed by atoms with E-state index in [0.29, 0.717) is 10.3 Å². The van der Waals surface area contributed by atoms with E-state index in [0.717, 1.165) is 33.4 Å². The van der Waals surface area contributed by atoms with Crippen LogP contribution in [0.2, 0.25) is 0 Å². The van der Waals surface area contributed by atoms with Crippen LogP contribution in [0, 0.1) is 6.92 Å². The molecule has 0 fully saturated rings. The van der Waals surface area contributed by atoms with Gasteiger partial charge in [-0.2, -0.15) is 0 Å². The first-order valence-electron chi connectivity index (χ1n) is 6.63. The van der Waals surface area contributed by atoms with Gasteiger partial charge in [0.15, 0.2) is 10.3 Å². The largest absolute Gasteiger partial charge is 0.272 e. The molecule has 0 unspecified atom stereocenters. The zero-order valence-electron chi connectivity index (χ0n) is 11.6. The van der Waals surface area contributed by atoms with Crippen LogP contribution < -0.4 is 0 Å². The second-order valence-electron chi connectivity index (χ2n) is 4.91. The van der Waals surface area contributed by atoms with Crippen LogP contribution in [0.1, 0.15) is 5.56 Å². The van der Waals surface area contributed by atoms with Gasteiger partial charge in [-0.3, -0.25) is 4.40 Å². The number of fused-ring (bicyclic) bond motifs is 3. The van der Waals surface area contributed by atoms with E-state index in [1.807, 2.05) is 22.6 Å². The molecule has 0 saturated heterocycles. The van der Waals surface area contributed by atoms with Gasteiger partial charge in [-0.05, 0) is 30.7 Å². The summed E-state index contributed by atoms with van der Waals surface area (Å²) in [6.45, 7) is 2.06.